The molecule has 0 aliphatic heterocycles. The zero-order chi connectivity index (χ0) is 12.4. The fourth-order valence-corrected chi connectivity index (χ4v) is 1.38. The van der Waals surface area contributed by atoms with Crippen molar-refractivity contribution in [2.75, 3.05) is 0 Å². The molecule has 1 N–H and O–H groups in total. The van der Waals surface area contributed by atoms with Crippen LogP contribution in [0.15, 0.2) is 0 Å². The highest BCUT2D eigenvalue weighted by Crippen LogP contribution is 2.18. The first-order valence-electron chi connectivity index (χ1n) is 6.65. The fourth-order valence-electron chi connectivity index (χ4n) is 1.38. The average molecular weight is 224 g/mol. The molecule has 0 spiro atoms. The van der Waals surface area contributed by atoms with Crippen LogP contribution in [0.25, 0.3) is 0 Å². The first-order valence-corrected chi connectivity index (χ1v) is 6.65. The number of aliphatic hydroxyl groups is 1. The summed E-state index contributed by atoms with van der Waals surface area (Å²) in [6.45, 7) is 8.27. The van der Waals surface area contributed by atoms with Gasteiger partial charge in [-0.2, -0.15) is 0 Å². The van der Waals surface area contributed by atoms with Gasteiger partial charge in [-0.05, 0) is 11.8 Å². The molecule has 1 heteroatoms. The highest BCUT2D eigenvalue weighted by Gasteiger charge is 2.19. The van der Waals surface area contributed by atoms with E-state index in [1.165, 1.54) is 38.5 Å². The Kier molecular flexibility index (Phi) is 8.39. The lowest BCUT2D eigenvalue weighted by atomic mass is 9.89. The van der Waals surface area contributed by atoms with Crippen molar-refractivity contribution in [3.8, 4) is 11.8 Å². The van der Waals surface area contributed by atoms with Crippen LogP contribution in [-0.4, -0.2) is 11.2 Å². The van der Waals surface area contributed by atoms with E-state index in [-0.39, 0.29) is 5.41 Å². The highest BCUT2D eigenvalue weighted by molar-refractivity contribution is 5.07. The summed E-state index contributed by atoms with van der Waals surface area (Å²) in [4.78, 5) is 0. The van der Waals surface area contributed by atoms with Crippen molar-refractivity contribution in [3.05, 3.63) is 0 Å². The van der Waals surface area contributed by atoms with E-state index in [4.69, 9.17) is 0 Å². The fraction of sp³-hybridized carbons (Fsp3) is 0.867. The van der Waals surface area contributed by atoms with Gasteiger partial charge in [0, 0.05) is 6.42 Å². The molecular formula is C15H28O. The number of hydrogen-bond acceptors (Lipinski definition) is 1. The Balaban J connectivity index is 3.48. The van der Waals surface area contributed by atoms with Gasteiger partial charge in [0.2, 0.25) is 0 Å². The van der Waals surface area contributed by atoms with E-state index in [1.54, 1.807) is 0 Å². The first kappa shape index (κ1) is 15.5. The van der Waals surface area contributed by atoms with Gasteiger partial charge in [0.25, 0.3) is 0 Å². The Morgan fingerprint density at radius 1 is 1.00 bits per heavy atom. The molecule has 0 aliphatic carbocycles. The van der Waals surface area contributed by atoms with E-state index in [1.807, 2.05) is 20.8 Å². The summed E-state index contributed by atoms with van der Waals surface area (Å²) >= 11 is 0. The van der Waals surface area contributed by atoms with Crippen LogP contribution in [0.1, 0.15) is 72.6 Å². The molecule has 0 unspecified atom stereocenters. The van der Waals surface area contributed by atoms with Gasteiger partial charge in [-0.3, -0.25) is 0 Å². The molecule has 1 atom stereocenters. The molecule has 0 radical (unpaired) electrons. The van der Waals surface area contributed by atoms with Crippen LogP contribution in [0.4, 0.5) is 0 Å². The maximum Gasteiger partial charge on any atom is 0.119 e. The molecule has 16 heavy (non-hydrogen) atoms. The van der Waals surface area contributed by atoms with Crippen LogP contribution in [-0.2, 0) is 0 Å². The van der Waals surface area contributed by atoms with Gasteiger partial charge >= 0.3 is 0 Å². The maximum atomic E-state index is 9.68. The summed E-state index contributed by atoms with van der Waals surface area (Å²) in [6.07, 6.45) is 8.23. The number of unbranched alkanes of at least 4 members (excludes halogenated alkanes) is 6. The summed E-state index contributed by atoms with van der Waals surface area (Å²) in [6, 6.07) is 0. The molecule has 0 aliphatic rings. The largest absolute Gasteiger partial charge is 0.380 e. The lowest BCUT2D eigenvalue weighted by Crippen LogP contribution is -2.23. The van der Waals surface area contributed by atoms with Gasteiger partial charge in [-0.15, -0.1) is 5.92 Å². The summed E-state index contributed by atoms with van der Waals surface area (Å²) in [7, 11) is 0. The van der Waals surface area contributed by atoms with Gasteiger partial charge < -0.3 is 5.11 Å². The van der Waals surface area contributed by atoms with E-state index in [0.717, 1.165) is 6.42 Å². The second kappa shape index (κ2) is 8.65. The summed E-state index contributed by atoms with van der Waals surface area (Å²) in [5, 5.41) is 9.68. The first-order chi connectivity index (χ1) is 7.48. The van der Waals surface area contributed by atoms with Crippen molar-refractivity contribution < 1.29 is 5.11 Å². The van der Waals surface area contributed by atoms with E-state index >= 15 is 0 Å². The third-order valence-corrected chi connectivity index (χ3v) is 2.71. The van der Waals surface area contributed by atoms with Crippen molar-refractivity contribution in [2.24, 2.45) is 5.41 Å². The minimum Gasteiger partial charge on any atom is -0.380 e. The third-order valence-electron chi connectivity index (χ3n) is 2.71. The Hall–Kier alpha value is -0.480. The second-order valence-electron chi connectivity index (χ2n) is 5.61. The molecular weight excluding hydrogens is 196 g/mol. The SMILES string of the molecule is CCCCCCCCC#C[C@H](O)C(C)(C)C. The molecule has 0 fully saturated rings. The van der Waals surface area contributed by atoms with E-state index in [9.17, 15) is 5.11 Å². The molecule has 0 saturated heterocycles. The van der Waals surface area contributed by atoms with E-state index < -0.39 is 6.10 Å². The molecule has 1 nitrogen and oxygen atoms in total. The zero-order valence-electron chi connectivity index (χ0n) is 11.5. The van der Waals surface area contributed by atoms with Crippen LogP contribution in [0.3, 0.4) is 0 Å². The van der Waals surface area contributed by atoms with Gasteiger partial charge in [0.15, 0.2) is 0 Å². The predicted molar refractivity (Wildman–Crippen MR) is 71.2 cm³/mol. The van der Waals surface area contributed by atoms with E-state index in [0.29, 0.717) is 0 Å². The minimum absolute atomic E-state index is 0.117. The van der Waals surface area contributed by atoms with E-state index in [2.05, 4.69) is 18.8 Å². The maximum absolute atomic E-state index is 9.68. The molecule has 0 bridgehead atoms. The van der Waals surface area contributed by atoms with Crippen molar-refractivity contribution in [3.63, 3.8) is 0 Å². The lowest BCUT2D eigenvalue weighted by molar-refractivity contribution is 0.114. The Labute approximate surface area is 102 Å². The van der Waals surface area contributed by atoms with Crippen molar-refractivity contribution in [2.45, 2.75) is 78.7 Å². The van der Waals surface area contributed by atoms with Crippen LogP contribution in [0.5, 0.6) is 0 Å². The standard InChI is InChI=1S/C15H28O/c1-5-6-7-8-9-10-11-12-13-14(16)15(2,3)4/h14,16H,5-11H2,1-4H3/t14-/m0/s1. The van der Waals surface area contributed by atoms with Crippen LogP contribution in [0, 0.1) is 17.3 Å². The summed E-state index contributed by atoms with van der Waals surface area (Å²) < 4.78 is 0. The van der Waals surface area contributed by atoms with Crippen molar-refractivity contribution in [1.29, 1.82) is 0 Å². The summed E-state index contributed by atoms with van der Waals surface area (Å²) in [5.41, 5.74) is -0.117. The molecule has 94 valence electrons. The number of aliphatic hydroxyl groups excluding tert-OH is 1. The third kappa shape index (κ3) is 8.80. The Bertz CT molecular complexity index is 214. The molecule has 0 heterocycles. The quantitative estimate of drug-likeness (QED) is 0.531. The van der Waals surface area contributed by atoms with Gasteiger partial charge in [0.1, 0.15) is 6.10 Å². The number of hydrogen-bond donors (Lipinski definition) is 1. The summed E-state index contributed by atoms with van der Waals surface area (Å²) in [5.74, 6) is 6.01. The smallest absolute Gasteiger partial charge is 0.119 e. The molecule has 0 rings (SSSR count). The molecule has 0 aromatic carbocycles. The monoisotopic (exact) mass is 224 g/mol. The second-order valence-corrected chi connectivity index (χ2v) is 5.61. The normalized spacial score (nSPS) is 13.1. The minimum atomic E-state index is -0.493. The van der Waals surface area contributed by atoms with Crippen LogP contribution >= 0.6 is 0 Å². The topological polar surface area (TPSA) is 20.2 Å². The average Bonchev–Trinajstić information content (AvgIpc) is 2.20. The predicted octanol–water partition coefficient (Wildman–Crippen LogP) is 4.15. The van der Waals surface area contributed by atoms with Gasteiger partial charge in [-0.25, -0.2) is 0 Å². The van der Waals surface area contributed by atoms with Crippen LogP contribution < -0.4 is 0 Å². The molecule has 0 aromatic heterocycles. The Morgan fingerprint density at radius 3 is 2.12 bits per heavy atom. The van der Waals surface area contributed by atoms with Crippen molar-refractivity contribution >= 4 is 0 Å². The van der Waals surface area contributed by atoms with Gasteiger partial charge in [-0.1, -0.05) is 65.7 Å². The molecule has 0 saturated carbocycles. The van der Waals surface area contributed by atoms with Gasteiger partial charge in [0.05, 0.1) is 0 Å². The van der Waals surface area contributed by atoms with Crippen molar-refractivity contribution in [1.82, 2.24) is 0 Å². The molecule has 0 aromatic rings. The number of rotatable bonds is 6. The molecule has 0 amide bonds. The van der Waals surface area contributed by atoms with Crippen LogP contribution in [0.2, 0.25) is 0 Å². The highest BCUT2D eigenvalue weighted by atomic mass is 16.3. The zero-order valence-corrected chi connectivity index (χ0v) is 11.5. The lowest BCUT2D eigenvalue weighted by Gasteiger charge is -2.20. The Morgan fingerprint density at radius 2 is 1.56 bits per heavy atom.